The third-order valence-electron chi connectivity index (χ3n) is 5.30. The van der Waals surface area contributed by atoms with Gasteiger partial charge >= 0.3 is 5.97 Å². The highest BCUT2D eigenvalue weighted by Gasteiger charge is 2.36. The highest BCUT2D eigenvalue weighted by Crippen LogP contribution is 2.34. The second-order valence-electron chi connectivity index (χ2n) is 7.23. The standard InChI is InChI=1S/C19H24N2O3/c22-18(23)12-21(11-13-4-5-13)17-8-16(9-17)20-10-15-3-1-2-14-6-7-24-19(14)15/h1-3,6-7,13,16-17,20H,4-5,8-12H2,(H,22,23). The van der Waals surface area contributed by atoms with Crippen molar-refractivity contribution < 1.29 is 14.3 Å². The summed E-state index contributed by atoms with van der Waals surface area (Å²) in [6.07, 6.45) is 6.33. The monoisotopic (exact) mass is 328 g/mol. The van der Waals surface area contributed by atoms with Crippen molar-refractivity contribution in [3.8, 4) is 0 Å². The Morgan fingerprint density at radius 2 is 2.12 bits per heavy atom. The SMILES string of the molecule is O=C(O)CN(CC1CC1)C1CC(NCc2cccc3ccoc23)C1. The Bertz CT molecular complexity index is 716. The van der Waals surface area contributed by atoms with Gasteiger partial charge in [0.05, 0.1) is 12.8 Å². The lowest BCUT2D eigenvalue weighted by Crippen LogP contribution is -2.54. The van der Waals surface area contributed by atoms with E-state index in [0.29, 0.717) is 12.1 Å². The number of carbonyl (C=O) groups is 1. The van der Waals surface area contributed by atoms with Crippen LogP contribution in [0.2, 0.25) is 0 Å². The van der Waals surface area contributed by atoms with E-state index in [-0.39, 0.29) is 6.54 Å². The summed E-state index contributed by atoms with van der Waals surface area (Å²) >= 11 is 0. The molecule has 2 fully saturated rings. The summed E-state index contributed by atoms with van der Waals surface area (Å²) in [4.78, 5) is 13.3. The Labute approximate surface area is 141 Å². The fourth-order valence-corrected chi connectivity index (χ4v) is 3.65. The summed E-state index contributed by atoms with van der Waals surface area (Å²) in [5.41, 5.74) is 2.14. The number of carboxylic acid groups (broad SMARTS) is 1. The number of para-hydroxylation sites is 1. The lowest BCUT2D eigenvalue weighted by molar-refractivity contribution is -0.139. The van der Waals surface area contributed by atoms with Crippen molar-refractivity contribution in [3.05, 3.63) is 36.1 Å². The van der Waals surface area contributed by atoms with Crippen LogP contribution in [0.3, 0.4) is 0 Å². The molecular weight excluding hydrogens is 304 g/mol. The Hall–Kier alpha value is -1.85. The second-order valence-corrected chi connectivity index (χ2v) is 7.23. The van der Waals surface area contributed by atoms with Crippen molar-refractivity contribution >= 4 is 16.9 Å². The van der Waals surface area contributed by atoms with Gasteiger partial charge in [-0.15, -0.1) is 0 Å². The zero-order valence-electron chi connectivity index (χ0n) is 13.8. The van der Waals surface area contributed by atoms with Gasteiger partial charge in [-0.1, -0.05) is 18.2 Å². The van der Waals surface area contributed by atoms with Crippen LogP contribution in [0, 0.1) is 5.92 Å². The maximum atomic E-state index is 11.1. The molecule has 1 aromatic carbocycles. The first kappa shape index (κ1) is 15.7. The van der Waals surface area contributed by atoms with E-state index in [1.807, 2.05) is 6.07 Å². The minimum atomic E-state index is -0.712. The number of benzene rings is 1. The number of hydrogen-bond acceptors (Lipinski definition) is 4. The van der Waals surface area contributed by atoms with Gasteiger partial charge in [0, 0.05) is 36.1 Å². The Morgan fingerprint density at radius 1 is 1.29 bits per heavy atom. The van der Waals surface area contributed by atoms with Crippen LogP contribution in [0.1, 0.15) is 31.2 Å². The van der Waals surface area contributed by atoms with E-state index in [2.05, 4.69) is 28.4 Å². The zero-order valence-corrected chi connectivity index (χ0v) is 13.8. The van der Waals surface area contributed by atoms with Crippen LogP contribution < -0.4 is 5.32 Å². The van der Waals surface area contributed by atoms with Gasteiger partial charge in [0.1, 0.15) is 5.58 Å². The first-order chi connectivity index (χ1) is 11.7. The van der Waals surface area contributed by atoms with Crippen molar-refractivity contribution in [3.63, 3.8) is 0 Å². The summed E-state index contributed by atoms with van der Waals surface area (Å²) in [5.74, 6) is 0.0180. The topological polar surface area (TPSA) is 65.7 Å². The molecule has 5 heteroatoms. The molecule has 0 saturated heterocycles. The van der Waals surface area contributed by atoms with Crippen LogP contribution in [0.5, 0.6) is 0 Å². The van der Waals surface area contributed by atoms with Gasteiger partial charge in [-0.2, -0.15) is 0 Å². The van der Waals surface area contributed by atoms with Gasteiger partial charge in [-0.05, 0) is 37.7 Å². The van der Waals surface area contributed by atoms with Gasteiger partial charge in [-0.3, -0.25) is 9.69 Å². The normalized spacial score (nSPS) is 23.5. The van der Waals surface area contributed by atoms with Crippen LogP contribution in [0.15, 0.2) is 34.9 Å². The summed E-state index contributed by atoms with van der Waals surface area (Å²) < 4.78 is 5.57. The Morgan fingerprint density at radius 3 is 2.88 bits per heavy atom. The molecule has 5 nitrogen and oxygen atoms in total. The zero-order chi connectivity index (χ0) is 16.5. The molecule has 2 N–H and O–H groups in total. The van der Waals surface area contributed by atoms with Crippen molar-refractivity contribution in [2.24, 2.45) is 5.92 Å². The number of fused-ring (bicyclic) bond motifs is 1. The van der Waals surface area contributed by atoms with Gasteiger partial charge in [0.25, 0.3) is 0 Å². The predicted molar refractivity (Wildman–Crippen MR) is 91.8 cm³/mol. The average molecular weight is 328 g/mol. The van der Waals surface area contributed by atoms with Crippen LogP contribution in [-0.4, -0.2) is 41.1 Å². The summed E-state index contributed by atoms with van der Waals surface area (Å²) in [6, 6.07) is 9.08. The van der Waals surface area contributed by atoms with Crippen LogP contribution in [-0.2, 0) is 11.3 Å². The molecule has 24 heavy (non-hydrogen) atoms. The largest absolute Gasteiger partial charge is 0.480 e. The molecule has 2 aliphatic rings. The number of furan rings is 1. The second kappa shape index (κ2) is 6.57. The highest BCUT2D eigenvalue weighted by molar-refractivity contribution is 5.80. The molecule has 0 atom stereocenters. The van der Waals surface area contributed by atoms with Gasteiger partial charge in [-0.25, -0.2) is 0 Å². The Kier molecular flexibility index (Phi) is 4.29. The number of nitrogens with zero attached hydrogens (tertiary/aromatic N) is 1. The number of carboxylic acids is 1. The lowest BCUT2D eigenvalue weighted by Gasteiger charge is -2.43. The smallest absolute Gasteiger partial charge is 0.317 e. The average Bonchev–Trinajstić information content (AvgIpc) is 3.18. The van der Waals surface area contributed by atoms with Crippen molar-refractivity contribution in [1.82, 2.24) is 10.2 Å². The fraction of sp³-hybridized carbons (Fsp3) is 0.526. The number of nitrogens with one attached hydrogen (secondary N) is 1. The number of hydrogen-bond donors (Lipinski definition) is 2. The van der Waals surface area contributed by atoms with E-state index in [0.717, 1.165) is 42.8 Å². The molecule has 0 aliphatic heterocycles. The van der Waals surface area contributed by atoms with E-state index in [9.17, 15) is 4.79 Å². The van der Waals surface area contributed by atoms with Crippen molar-refractivity contribution in [2.45, 2.75) is 44.3 Å². The van der Waals surface area contributed by atoms with Gasteiger partial charge in [0.15, 0.2) is 0 Å². The molecule has 2 saturated carbocycles. The van der Waals surface area contributed by atoms with E-state index in [4.69, 9.17) is 9.52 Å². The van der Waals surface area contributed by atoms with E-state index in [1.165, 1.54) is 18.4 Å². The molecule has 0 amide bonds. The molecule has 4 rings (SSSR count). The van der Waals surface area contributed by atoms with E-state index >= 15 is 0 Å². The minimum absolute atomic E-state index is 0.180. The maximum Gasteiger partial charge on any atom is 0.317 e. The van der Waals surface area contributed by atoms with E-state index in [1.54, 1.807) is 6.26 Å². The first-order valence-electron chi connectivity index (χ1n) is 8.83. The van der Waals surface area contributed by atoms with E-state index < -0.39 is 5.97 Å². The molecule has 0 unspecified atom stereocenters. The number of aliphatic carboxylic acids is 1. The van der Waals surface area contributed by atoms with Crippen molar-refractivity contribution in [1.29, 1.82) is 0 Å². The maximum absolute atomic E-state index is 11.1. The molecule has 1 heterocycles. The molecule has 0 radical (unpaired) electrons. The molecule has 2 aromatic rings. The quantitative estimate of drug-likeness (QED) is 0.780. The third-order valence-corrected chi connectivity index (χ3v) is 5.30. The van der Waals surface area contributed by atoms with Crippen molar-refractivity contribution in [2.75, 3.05) is 13.1 Å². The molecule has 0 spiro atoms. The summed E-state index contributed by atoms with van der Waals surface area (Å²) in [6.45, 7) is 1.93. The van der Waals surface area contributed by atoms with Crippen LogP contribution in [0.25, 0.3) is 11.0 Å². The van der Waals surface area contributed by atoms with Gasteiger partial charge < -0.3 is 14.8 Å². The highest BCUT2D eigenvalue weighted by atomic mass is 16.4. The fourth-order valence-electron chi connectivity index (χ4n) is 3.65. The minimum Gasteiger partial charge on any atom is -0.480 e. The summed E-state index contributed by atoms with van der Waals surface area (Å²) in [7, 11) is 0. The molecule has 1 aromatic heterocycles. The first-order valence-corrected chi connectivity index (χ1v) is 8.83. The molecular formula is C19H24N2O3. The van der Waals surface area contributed by atoms with Crippen LogP contribution in [0.4, 0.5) is 0 Å². The summed E-state index contributed by atoms with van der Waals surface area (Å²) in [5, 5.41) is 13.8. The predicted octanol–water partition coefficient (Wildman–Crippen LogP) is 2.85. The molecule has 0 bridgehead atoms. The number of rotatable bonds is 8. The molecule has 2 aliphatic carbocycles. The lowest BCUT2D eigenvalue weighted by atomic mass is 9.85. The molecule has 128 valence electrons. The van der Waals surface area contributed by atoms with Gasteiger partial charge in [0.2, 0.25) is 0 Å². The third kappa shape index (κ3) is 3.47. The van der Waals surface area contributed by atoms with Crippen LogP contribution >= 0.6 is 0 Å². The Balaban J connectivity index is 1.29.